The Bertz CT molecular complexity index is 661. The van der Waals surface area contributed by atoms with E-state index in [9.17, 15) is 13.2 Å². The number of sulfonamides is 1. The van der Waals surface area contributed by atoms with Crippen LogP contribution in [0.1, 0.15) is 4.88 Å². The van der Waals surface area contributed by atoms with Crippen molar-refractivity contribution < 1.29 is 18.3 Å². The van der Waals surface area contributed by atoms with Crippen LogP contribution in [-0.4, -0.2) is 29.3 Å². The van der Waals surface area contributed by atoms with Gasteiger partial charge in [0.05, 0.1) is 6.20 Å². The molecule has 0 unspecified atom stereocenters. The number of hydrogen-bond acceptors (Lipinski definition) is 5. The minimum Gasteiger partial charge on any atom is -0.480 e. The molecule has 9 heteroatoms. The number of carbonyl (C=O) groups is 1. The first-order valence-electron chi connectivity index (χ1n) is 5.24. The zero-order valence-corrected chi connectivity index (χ0v) is 11.3. The number of nitrogens with one attached hydrogen (secondary N) is 1. The van der Waals surface area contributed by atoms with E-state index in [1.807, 2.05) is 17.5 Å². The number of carboxylic acids is 1. The third-order valence-electron chi connectivity index (χ3n) is 2.23. The quantitative estimate of drug-likeness (QED) is 0.809. The molecule has 2 N–H and O–H groups in total. The highest BCUT2D eigenvalue weighted by molar-refractivity contribution is 7.89. The van der Waals surface area contributed by atoms with Crippen molar-refractivity contribution in [3.63, 3.8) is 0 Å². The second-order valence-electron chi connectivity index (χ2n) is 3.67. The number of nitrogens with zero attached hydrogens (tertiary/aromatic N) is 2. The summed E-state index contributed by atoms with van der Waals surface area (Å²) in [7, 11) is -3.67. The van der Waals surface area contributed by atoms with Gasteiger partial charge in [0.2, 0.25) is 10.0 Å². The van der Waals surface area contributed by atoms with Gasteiger partial charge in [0.25, 0.3) is 0 Å². The van der Waals surface area contributed by atoms with Gasteiger partial charge >= 0.3 is 5.97 Å². The molecule has 2 rings (SSSR count). The van der Waals surface area contributed by atoms with Gasteiger partial charge in [-0.25, -0.2) is 13.1 Å². The Labute approximate surface area is 113 Å². The number of aromatic nitrogens is 2. The number of aliphatic carboxylic acids is 1. The Hall–Kier alpha value is -1.71. The average molecular weight is 301 g/mol. The van der Waals surface area contributed by atoms with Crippen LogP contribution >= 0.6 is 11.3 Å². The molecule has 0 amide bonds. The van der Waals surface area contributed by atoms with Gasteiger partial charge in [-0.3, -0.25) is 9.48 Å². The Morgan fingerprint density at radius 2 is 2.32 bits per heavy atom. The Morgan fingerprint density at radius 1 is 1.53 bits per heavy atom. The third kappa shape index (κ3) is 3.63. The minimum atomic E-state index is -3.67. The zero-order chi connectivity index (χ0) is 13.9. The van der Waals surface area contributed by atoms with Crippen molar-refractivity contribution in [3.8, 4) is 0 Å². The molecule has 0 aromatic carbocycles. The van der Waals surface area contributed by atoms with Crippen LogP contribution < -0.4 is 4.72 Å². The van der Waals surface area contributed by atoms with Crippen LogP contribution in [0, 0.1) is 0 Å². The number of rotatable bonds is 6. The average Bonchev–Trinajstić information content (AvgIpc) is 2.96. The summed E-state index contributed by atoms with van der Waals surface area (Å²) in [5.41, 5.74) is 0. The molecule has 0 aliphatic carbocycles. The van der Waals surface area contributed by atoms with Crippen molar-refractivity contribution in [2.45, 2.75) is 18.0 Å². The SMILES string of the molecule is O=C(O)Cn1cc(S(=O)(=O)NCc2cccs2)cn1. The van der Waals surface area contributed by atoms with E-state index in [-0.39, 0.29) is 18.0 Å². The van der Waals surface area contributed by atoms with Crippen LogP contribution in [0.3, 0.4) is 0 Å². The van der Waals surface area contributed by atoms with Gasteiger partial charge < -0.3 is 5.11 Å². The first-order valence-corrected chi connectivity index (χ1v) is 7.60. The van der Waals surface area contributed by atoms with E-state index in [1.165, 1.54) is 17.5 Å². The smallest absolute Gasteiger partial charge is 0.325 e. The lowest BCUT2D eigenvalue weighted by Gasteiger charge is -2.02. The number of carboxylic acid groups (broad SMARTS) is 1. The molecule has 2 heterocycles. The Kier molecular flexibility index (Phi) is 3.98. The summed E-state index contributed by atoms with van der Waals surface area (Å²) in [5.74, 6) is -1.08. The lowest BCUT2D eigenvalue weighted by molar-refractivity contribution is -0.137. The summed E-state index contributed by atoms with van der Waals surface area (Å²) in [5, 5.41) is 14.1. The summed E-state index contributed by atoms with van der Waals surface area (Å²) in [6, 6.07) is 3.65. The second kappa shape index (κ2) is 5.51. The van der Waals surface area contributed by atoms with Crippen LogP contribution in [0.15, 0.2) is 34.8 Å². The maximum atomic E-state index is 11.9. The topological polar surface area (TPSA) is 101 Å². The fraction of sp³-hybridized carbons (Fsp3) is 0.200. The maximum absolute atomic E-state index is 11.9. The van der Waals surface area contributed by atoms with E-state index in [2.05, 4.69) is 9.82 Å². The Morgan fingerprint density at radius 3 is 2.95 bits per heavy atom. The first kappa shape index (κ1) is 13.7. The van der Waals surface area contributed by atoms with E-state index in [4.69, 9.17) is 5.11 Å². The molecule has 7 nitrogen and oxygen atoms in total. The maximum Gasteiger partial charge on any atom is 0.325 e. The van der Waals surface area contributed by atoms with Crippen molar-refractivity contribution in [1.82, 2.24) is 14.5 Å². The highest BCUT2D eigenvalue weighted by atomic mass is 32.2. The molecule has 2 aromatic heterocycles. The van der Waals surface area contributed by atoms with Crippen LogP contribution in [0.4, 0.5) is 0 Å². The van der Waals surface area contributed by atoms with Crippen molar-refractivity contribution >= 4 is 27.3 Å². The molecule has 0 saturated carbocycles. The fourth-order valence-corrected chi connectivity index (χ4v) is 3.07. The molecular weight excluding hydrogens is 290 g/mol. The van der Waals surface area contributed by atoms with Crippen molar-refractivity contribution in [3.05, 3.63) is 34.8 Å². The van der Waals surface area contributed by atoms with E-state index < -0.39 is 16.0 Å². The standard InChI is InChI=1S/C10H11N3O4S2/c14-10(15)7-13-6-9(5-11-13)19(16,17)12-4-8-2-1-3-18-8/h1-3,5-6,12H,4,7H2,(H,14,15). The van der Waals surface area contributed by atoms with Crippen LogP contribution in [-0.2, 0) is 27.9 Å². The zero-order valence-electron chi connectivity index (χ0n) is 9.68. The second-order valence-corrected chi connectivity index (χ2v) is 6.47. The van der Waals surface area contributed by atoms with E-state index in [1.54, 1.807) is 0 Å². The Balaban J connectivity index is 2.06. The lowest BCUT2D eigenvalue weighted by Crippen LogP contribution is -2.22. The summed E-state index contributed by atoms with van der Waals surface area (Å²) in [4.78, 5) is 11.3. The lowest BCUT2D eigenvalue weighted by atomic mass is 10.5. The van der Waals surface area contributed by atoms with Gasteiger partial charge in [-0.05, 0) is 11.4 Å². The van der Waals surface area contributed by atoms with Gasteiger partial charge in [0.1, 0.15) is 11.4 Å². The monoisotopic (exact) mass is 301 g/mol. The molecule has 2 aromatic rings. The van der Waals surface area contributed by atoms with Gasteiger partial charge in [0, 0.05) is 17.6 Å². The molecule has 0 bridgehead atoms. The van der Waals surface area contributed by atoms with E-state index in [0.717, 1.165) is 15.8 Å². The molecule has 19 heavy (non-hydrogen) atoms. The van der Waals surface area contributed by atoms with Crippen LogP contribution in [0.5, 0.6) is 0 Å². The minimum absolute atomic E-state index is 0.0506. The van der Waals surface area contributed by atoms with Crippen molar-refractivity contribution in [2.75, 3.05) is 0 Å². The predicted octanol–water partition coefficient (Wildman–Crippen LogP) is 0.508. The normalized spacial score (nSPS) is 11.6. The molecule has 0 fully saturated rings. The van der Waals surface area contributed by atoms with Crippen LogP contribution in [0.2, 0.25) is 0 Å². The van der Waals surface area contributed by atoms with Gasteiger partial charge in [-0.2, -0.15) is 5.10 Å². The molecule has 0 atom stereocenters. The molecule has 0 saturated heterocycles. The fourth-order valence-electron chi connectivity index (χ4n) is 1.37. The summed E-state index contributed by atoms with van der Waals surface area (Å²) in [6.45, 7) is -0.176. The summed E-state index contributed by atoms with van der Waals surface area (Å²) < 4.78 is 27.3. The van der Waals surface area contributed by atoms with Crippen molar-refractivity contribution in [1.29, 1.82) is 0 Å². The molecule has 0 aliphatic heterocycles. The van der Waals surface area contributed by atoms with E-state index >= 15 is 0 Å². The largest absolute Gasteiger partial charge is 0.480 e. The van der Waals surface area contributed by atoms with Gasteiger partial charge in [-0.1, -0.05) is 6.07 Å². The highest BCUT2D eigenvalue weighted by Gasteiger charge is 2.16. The summed E-state index contributed by atoms with van der Waals surface area (Å²) in [6.07, 6.45) is 2.31. The first-order chi connectivity index (χ1) is 8.97. The predicted molar refractivity (Wildman–Crippen MR) is 68.2 cm³/mol. The molecule has 0 spiro atoms. The highest BCUT2D eigenvalue weighted by Crippen LogP contribution is 2.11. The van der Waals surface area contributed by atoms with Crippen molar-refractivity contribution in [2.24, 2.45) is 0 Å². The third-order valence-corrected chi connectivity index (χ3v) is 4.47. The van der Waals surface area contributed by atoms with E-state index in [0.29, 0.717) is 0 Å². The molecule has 102 valence electrons. The number of hydrogen-bond donors (Lipinski definition) is 2. The number of thiophene rings is 1. The van der Waals surface area contributed by atoms with Gasteiger partial charge in [-0.15, -0.1) is 11.3 Å². The molecular formula is C10H11N3O4S2. The van der Waals surface area contributed by atoms with Crippen LogP contribution in [0.25, 0.3) is 0 Å². The molecule has 0 aliphatic rings. The molecule has 0 radical (unpaired) electrons. The summed E-state index contributed by atoms with van der Waals surface area (Å²) >= 11 is 1.45. The van der Waals surface area contributed by atoms with Gasteiger partial charge in [0.15, 0.2) is 0 Å².